The Labute approximate surface area is 128 Å². The number of nitrogens with one attached hydrogen (secondary N) is 1. The third-order valence-electron chi connectivity index (χ3n) is 3.77. The van der Waals surface area contributed by atoms with Crippen LogP contribution in [0.4, 0.5) is 0 Å². The molecule has 1 fully saturated rings. The topological polar surface area (TPSA) is 49.4 Å². The van der Waals surface area contributed by atoms with Gasteiger partial charge in [-0.2, -0.15) is 0 Å². The van der Waals surface area contributed by atoms with Gasteiger partial charge in [-0.1, -0.05) is 38.1 Å². The number of hydrogen-bond donors (Lipinski definition) is 1. The Morgan fingerprint density at radius 3 is 2.29 bits per heavy atom. The molecule has 1 saturated carbocycles. The maximum absolute atomic E-state index is 12.3. The molecule has 4 nitrogen and oxygen atoms in total. The average molecular weight is 310 g/mol. The summed E-state index contributed by atoms with van der Waals surface area (Å²) in [7, 11) is -1.50. The smallest absolute Gasteiger partial charge is 0.218 e. The molecule has 0 spiro atoms. The summed E-state index contributed by atoms with van der Waals surface area (Å²) in [5.74, 6) is 0.669. The van der Waals surface area contributed by atoms with Gasteiger partial charge in [0, 0.05) is 26.2 Å². The molecule has 118 valence electrons. The van der Waals surface area contributed by atoms with Gasteiger partial charge in [0.2, 0.25) is 10.0 Å². The summed E-state index contributed by atoms with van der Waals surface area (Å²) in [6.45, 7) is 5.69. The van der Waals surface area contributed by atoms with E-state index in [1.54, 1.807) is 7.05 Å². The first-order chi connectivity index (χ1) is 9.87. The molecule has 1 aromatic carbocycles. The van der Waals surface area contributed by atoms with Crippen LogP contribution >= 0.6 is 0 Å². The molecule has 0 bridgehead atoms. The average Bonchev–Trinajstić information content (AvgIpc) is 3.21. The lowest BCUT2D eigenvalue weighted by Crippen LogP contribution is -2.30. The Hall–Kier alpha value is -0.910. The molecule has 0 amide bonds. The lowest BCUT2D eigenvalue weighted by Gasteiger charge is -2.17. The quantitative estimate of drug-likeness (QED) is 0.802. The summed E-state index contributed by atoms with van der Waals surface area (Å²) in [4.78, 5) is 0. The van der Waals surface area contributed by atoms with Crippen molar-refractivity contribution in [2.24, 2.45) is 5.92 Å². The van der Waals surface area contributed by atoms with Gasteiger partial charge in [-0.25, -0.2) is 12.7 Å². The molecule has 0 heterocycles. The number of benzene rings is 1. The van der Waals surface area contributed by atoms with Crippen molar-refractivity contribution < 1.29 is 8.42 Å². The molecule has 2 rings (SSSR count). The van der Waals surface area contributed by atoms with Crippen molar-refractivity contribution in [2.75, 3.05) is 13.6 Å². The van der Waals surface area contributed by atoms with E-state index in [1.165, 1.54) is 9.87 Å². The van der Waals surface area contributed by atoms with Crippen LogP contribution in [0.2, 0.25) is 0 Å². The summed E-state index contributed by atoms with van der Waals surface area (Å²) in [5, 5.41) is 3.35. The van der Waals surface area contributed by atoms with Crippen molar-refractivity contribution >= 4 is 10.0 Å². The minimum absolute atomic E-state index is 0.0914. The van der Waals surface area contributed by atoms with E-state index in [-0.39, 0.29) is 5.75 Å². The van der Waals surface area contributed by atoms with Gasteiger partial charge in [-0.15, -0.1) is 0 Å². The van der Waals surface area contributed by atoms with Crippen LogP contribution in [0.15, 0.2) is 24.3 Å². The van der Waals surface area contributed by atoms with Gasteiger partial charge in [0.25, 0.3) is 0 Å². The van der Waals surface area contributed by atoms with E-state index in [4.69, 9.17) is 0 Å². The first kappa shape index (κ1) is 16.5. The van der Waals surface area contributed by atoms with Crippen LogP contribution in [0.25, 0.3) is 0 Å². The van der Waals surface area contributed by atoms with E-state index in [0.29, 0.717) is 18.5 Å². The predicted octanol–water partition coefficient (Wildman–Crippen LogP) is 2.36. The van der Waals surface area contributed by atoms with Gasteiger partial charge in [0.15, 0.2) is 0 Å². The summed E-state index contributed by atoms with van der Waals surface area (Å²) >= 11 is 0. The second kappa shape index (κ2) is 6.90. The van der Waals surface area contributed by atoms with Crippen LogP contribution in [-0.2, 0) is 22.3 Å². The molecule has 1 N–H and O–H groups in total. The van der Waals surface area contributed by atoms with Gasteiger partial charge in [0.05, 0.1) is 5.75 Å². The Morgan fingerprint density at radius 2 is 1.76 bits per heavy atom. The van der Waals surface area contributed by atoms with Crippen molar-refractivity contribution in [3.63, 3.8) is 0 Å². The van der Waals surface area contributed by atoms with E-state index in [2.05, 4.69) is 19.2 Å². The third kappa shape index (κ3) is 5.41. The maximum Gasteiger partial charge on any atom is 0.218 e. The first-order valence-corrected chi connectivity index (χ1v) is 9.23. The van der Waals surface area contributed by atoms with Gasteiger partial charge in [-0.3, -0.25) is 0 Å². The SMILES string of the molecule is CC(C)NCc1ccc(CS(=O)(=O)N(C)CC2CC2)cc1. The predicted molar refractivity (Wildman–Crippen MR) is 86.4 cm³/mol. The van der Waals surface area contributed by atoms with E-state index in [0.717, 1.165) is 24.9 Å². The fourth-order valence-electron chi connectivity index (χ4n) is 2.17. The van der Waals surface area contributed by atoms with Crippen LogP contribution in [0.3, 0.4) is 0 Å². The number of rotatable bonds is 8. The lowest BCUT2D eigenvalue weighted by molar-refractivity contribution is 0.452. The molecule has 0 unspecified atom stereocenters. The van der Waals surface area contributed by atoms with Crippen LogP contribution in [-0.4, -0.2) is 32.4 Å². The maximum atomic E-state index is 12.3. The van der Waals surface area contributed by atoms with Gasteiger partial charge >= 0.3 is 0 Å². The molecule has 21 heavy (non-hydrogen) atoms. The van der Waals surface area contributed by atoms with Crippen molar-refractivity contribution in [1.82, 2.24) is 9.62 Å². The fourth-order valence-corrected chi connectivity index (χ4v) is 3.45. The Balaban J connectivity index is 1.92. The summed E-state index contributed by atoms with van der Waals surface area (Å²) < 4.78 is 26.1. The molecular weight excluding hydrogens is 284 g/mol. The van der Waals surface area contributed by atoms with Crippen LogP contribution in [0.5, 0.6) is 0 Å². The largest absolute Gasteiger partial charge is 0.310 e. The van der Waals surface area contributed by atoms with Gasteiger partial charge < -0.3 is 5.32 Å². The zero-order valence-corrected chi connectivity index (χ0v) is 14.0. The molecule has 0 aliphatic heterocycles. The van der Waals surface area contributed by atoms with E-state index >= 15 is 0 Å². The first-order valence-electron chi connectivity index (χ1n) is 7.62. The molecule has 0 saturated heterocycles. The molecule has 1 aliphatic rings. The molecule has 1 aromatic rings. The van der Waals surface area contributed by atoms with Crippen LogP contribution in [0.1, 0.15) is 37.8 Å². The summed E-state index contributed by atoms with van der Waals surface area (Å²) in [5.41, 5.74) is 2.03. The second-order valence-corrected chi connectivity index (χ2v) is 8.41. The molecule has 0 atom stereocenters. The van der Waals surface area contributed by atoms with E-state index < -0.39 is 10.0 Å². The van der Waals surface area contributed by atoms with Gasteiger partial charge in [0.1, 0.15) is 0 Å². The highest BCUT2D eigenvalue weighted by molar-refractivity contribution is 7.88. The normalized spacial score (nSPS) is 15.9. The zero-order valence-electron chi connectivity index (χ0n) is 13.2. The molecule has 0 radical (unpaired) electrons. The highest BCUT2D eigenvalue weighted by Crippen LogP contribution is 2.30. The van der Waals surface area contributed by atoms with E-state index in [9.17, 15) is 8.42 Å². The number of hydrogen-bond acceptors (Lipinski definition) is 3. The molecular formula is C16H26N2O2S. The minimum Gasteiger partial charge on any atom is -0.310 e. The number of nitrogens with zero attached hydrogens (tertiary/aromatic N) is 1. The van der Waals surface area contributed by atoms with Crippen molar-refractivity contribution in [2.45, 2.75) is 45.0 Å². The zero-order chi connectivity index (χ0) is 15.5. The monoisotopic (exact) mass is 310 g/mol. The van der Waals surface area contributed by atoms with Crippen molar-refractivity contribution in [3.8, 4) is 0 Å². The van der Waals surface area contributed by atoms with Crippen LogP contribution < -0.4 is 5.32 Å². The Bertz CT molecular complexity index is 548. The van der Waals surface area contributed by atoms with Gasteiger partial charge in [-0.05, 0) is 29.9 Å². The summed E-state index contributed by atoms with van der Waals surface area (Å²) in [6, 6.07) is 8.28. The third-order valence-corrected chi connectivity index (χ3v) is 5.57. The fraction of sp³-hybridized carbons (Fsp3) is 0.625. The summed E-state index contributed by atoms with van der Waals surface area (Å²) in [6.07, 6.45) is 2.33. The Morgan fingerprint density at radius 1 is 1.19 bits per heavy atom. The standard InChI is InChI=1S/C16H26N2O2S/c1-13(2)17-10-14-4-8-16(9-5-14)12-21(19,20)18(3)11-15-6-7-15/h4-5,8-9,13,15,17H,6-7,10-12H2,1-3H3. The highest BCUT2D eigenvalue weighted by atomic mass is 32.2. The van der Waals surface area contributed by atoms with E-state index in [1.807, 2.05) is 24.3 Å². The Kier molecular flexibility index (Phi) is 5.41. The minimum atomic E-state index is -3.19. The van der Waals surface area contributed by atoms with Crippen LogP contribution in [0, 0.1) is 5.92 Å². The molecule has 1 aliphatic carbocycles. The van der Waals surface area contributed by atoms with Crippen molar-refractivity contribution in [3.05, 3.63) is 35.4 Å². The number of sulfonamides is 1. The lowest BCUT2D eigenvalue weighted by atomic mass is 10.1. The highest BCUT2D eigenvalue weighted by Gasteiger charge is 2.28. The molecule has 5 heteroatoms. The molecule has 0 aromatic heterocycles. The van der Waals surface area contributed by atoms with Crippen molar-refractivity contribution in [1.29, 1.82) is 0 Å². The second-order valence-electron chi connectivity index (χ2n) is 6.33.